The number of nitrogens with one attached hydrogen (secondary N) is 3. The van der Waals surface area contributed by atoms with Crippen molar-refractivity contribution >= 4 is 76.5 Å². The second-order valence-corrected chi connectivity index (χ2v) is 23.3. The molecule has 4 bridgehead atoms. The molecule has 10 atom stereocenters. The van der Waals surface area contributed by atoms with Gasteiger partial charge >= 0.3 is 24.1 Å². The van der Waals surface area contributed by atoms with Crippen molar-refractivity contribution in [2.24, 2.45) is 23.5 Å². The number of carbonyl (C=O) groups is 9. The van der Waals surface area contributed by atoms with Gasteiger partial charge < -0.3 is 69.9 Å². The molecule has 5 rings (SSSR count). The lowest BCUT2D eigenvalue weighted by atomic mass is 9.78. The van der Waals surface area contributed by atoms with Gasteiger partial charge in [-0.2, -0.15) is 0 Å². The third-order valence-corrected chi connectivity index (χ3v) is 16.4. The molecule has 24 heteroatoms. The van der Waals surface area contributed by atoms with Gasteiger partial charge in [0.05, 0.1) is 37.8 Å². The SMILES string of the molecule is CCCC(=O)N[C@H](C(=O)C[C@@H](CCCNC(N)=O)C(=O)Nc1ccc(COC(=O)N(C)CCC(=O)N(C)[C@@H](C)C(=O)O[C@H]2CC(=O)N(C)c3cc(cc(OC)c3Cl)C/C(C)=C/C=C/[C@@H](OC)[C@]3(O)CC(=O)O[C@@H](C3)[C@@H](C)[C@@H]3O[C@@]23C)cc1)C(C)C. The molecule has 0 aliphatic carbocycles. The van der Waals surface area contributed by atoms with Crippen LogP contribution in [0, 0.1) is 17.8 Å². The lowest BCUT2D eigenvalue weighted by molar-refractivity contribution is -0.187. The molecule has 0 aromatic heterocycles. The van der Waals surface area contributed by atoms with E-state index in [-0.39, 0.29) is 80.9 Å². The summed E-state index contributed by atoms with van der Waals surface area (Å²) in [6, 6.07) is 7.34. The van der Waals surface area contributed by atoms with Gasteiger partial charge in [0.15, 0.2) is 5.78 Å². The number of ether oxygens (including phenoxy) is 6. The first-order valence-electron chi connectivity index (χ1n) is 28.7. The van der Waals surface area contributed by atoms with Crippen molar-refractivity contribution in [1.29, 1.82) is 0 Å². The Bertz CT molecular complexity index is 2810. The number of Topliss-reactive ketones (excluding diaryl/α,β-unsaturated/α-hetero) is 1. The van der Waals surface area contributed by atoms with E-state index in [1.165, 1.54) is 57.0 Å². The number of anilines is 2. The summed E-state index contributed by atoms with van der Waals surface area (Å²) in [6.07, 6.45) is 1.57. The number of rotatable bonds is 23. The largest absolute Gasteiger partial charge is 0.495 e. The first kappa shape index (κ1) is 68.7. The minimum Gasteiger partial charge on any atom is -0.495 e. The Kier molecular flexibility index (Phi) is 24.9. The summed E-state index contributed by atoms with van der Waals surface area (Å²) < 4.78 is 35.2. The van der Waals surface area contributed by atoms with Crippen LogP contribution in [-0.4, -0.2) is 165 Å². The highest BCUT2D eigenvalue weighted by atomic mass is 35.5. The molecule has 2 aromatic carbocycles. The van der Waals surface area contributed by atoms with Gasteiger partial charge in [-0.05, 0) is 87.8 Å². The Balaban J connectivity index is 1.22. The van der Waals surface area contributed by atoms with Crippen LogP contribution in [0.3, 0.4) is 0 Å². The maximum absolute atomic E-state index is 14.4. The zero-order chi connectivity index (χ0) is 63.1. The molecule has 23 nitrogen and oxygen atoms in total. The Hall–Kier alpha value is -7.08. The van der Waals surface area contributed by atoms with Crippen molar-refractivity contribution in [2.45, 2.75) is 167 Å². The second-order valence-electron chi connectivity index (χ2n) is 23.0. The van der Waals surface area contributed by atoms with Gasteiger partial charge in [-0.1, -0.05) is 75.2 Å². The number of likely N-dealkylation sites (N-methyl/N-ethyl adjacent to an activating group) is 1. The highest BCUT2D eigenvalue weighted by Gasteiger charge is 2.64. The molecule has 0 unspecified atom stereocenters. The normalized spacial score (nSPS) is 24.4. The van der Waals surface area contributed by atoms with E-state index < -0.39 is 108 Å². The van der Waals surface area contributed by atoms with Crippen LogP contribution >= 0.6 is 11.6 Å². The van der Waals surface area contributed by atoms with Crippen LogP contribution in [0.25, 0.3) is 0 Å². The summed E-state index contributed by atoms with van der Waals surface area (Å²) in [7, 11) is 7.30. The number of aliphatic hydroxyl groups is 1. The number of allylic oxidation sites excluding steroid dienone is 3. The Morgan fingerprint density at radius 2 is 1.72 bits per heavy atom. The number of urea groups is 1. The minimum absolute atomic E-state index is 0.00857. The molecule has 6 N–H and O–H groups in total. The Labute approximate surface area is 502 Å². The summed E-state index contributed by atoms with van der Waals surface area (Å²) in [6.45, 7) is 12.3. The predicted molar refractivity (Wildman–Crippen MR) is 316 cm³/mol. The summed E-state index contributed by atoms with van der Waals surface area (Å²) in [5.74, 6) is -4.78. The average molecular weight is 1210 g/mol. The minimum atomic E-state index is -1.65. The molecular formula is C61H86ClN7O16. The fourth-order valence-electron chi connectivity index (χ4n) is 10.5. The number of ketones is 1. The highest BCUT2D eigenvalue weighted by molar-refractivity contribution is 6.35. The Morgan fingerprint density at radius 1 is 1.02 bits per heavy atom. The molecule has 0 radical (unpaired) electrons. The number of amides is 7. The first-order valence-corrected chi connectivity index (χ1v) is 29.1. The quantitative estimate of drug-likeness (QED) is 0.0352. The van der Waals surface area contributed by atoms with Gasteiger partial charge in [-0.3, -0.25) is 28.8 Å². The monoisotopic (exact) mass is 1210 g/mol. The third kappa shape index (κ3) is 18.7. The van der Waals surface area contributed by atoms with E-state index in [9.17, 15) is 48.3 Å². The molecule has 0 saturated carbocycles. The molecule has 3 aliphatic rings. The summed E-state index contributed by atoms with van der Waals surface area (Å²) >= 11 is 6.83. The van der Waals surface area contributed by atoms with Crippen LogP contribution in [0.5, 0.6) is 5.75 Å². The summed E-state index contributed by atoms with van der Waals surface area (Å²) in [5.41, 5.74) is 5.21. The van der Waals surface area contributed by atoms with Crippen molar-refractivity contribution in [1.82, 2.24) is 20.4 Å². The first-order chi connectivity index (χ1) is 40.0. The fraction of sp³-hybridized carbons (Fsp3) is 0.590. The average Bonchev–Trinajstić information content (AvgIpc) is 1.70. The molecule has 3 heterocycles. The van der Waals surface area contributed by atoms with Gasteiger partial charge in [0.25, 0.3) is 0 Å². The number of methoxy groups -OCH3 is 2. The van der Waals surface area contributed by atoms with E-state index in [1.807, 2.05) is 33.8 Å². The van der Waals surface area contributed by atoms with Gasteiger partial charge in [-0.15, -0.1) is 0 Å². The number of benzene rings is 2. The van der Waals surface area contributed by atoms with Gasteiger partial charge in [0.2, 0.25) is 23.6 Å². The Morgan fingerprint density at radius 3 is 2.35 bits per heavy atom. The van der Waals surface area contributed by atoms with Crippen LogP contribution in [0.2, 0.25) is 5.02 Å². The molecular weight excluding hydrogens is 1120 g/mol. The van der Waals surface area contributed by atoms with Crippen molar-refractivity contribution < 1.29 is 76.7 Å². The molecule has 0 spiro atoms. The van der Waals surface area contributed by atoms with Gasteiger partial charge in [0.1, 0.15) is 52.9 Å². The van der Waals surface area contributed by atoms with E-state index in [1.54, 1.807) is 62.4 Å². The maximum atomic E-state index is 14.4. The van der Waals surface area contributed by atoms with Crippen LogP contribution in [-0.2, 0) is 70.3 Å². The predicted octanol–water partition coefficient (Wildman–Crippen LogP) is 6.33. The number of carbonyl (C=O) groups excluding carboxylic acids is 9. The number of halogens is 1. The summed E-state index contributed by atoms with van der Waals surface area (Å²) in [5, 5.41) is 20.3. The number of primary amides is 1. The van der Waals surface area contributed by atoms with Crippen molar-refractivity contribution in [3.05, 3.63) is 76.3 Å². The number of fused-ring (bicyclic) bond motifs is 5. The number of epoxide rings is 1. The van der Waals surface area contributed by atoms with Crippen LogP contribution in [0.1, 0.15) is 117 Å². The molecule has 85 heavy (non-hydrogen) atoms. The van der Waals surface area contributed by atoms with E-state index in [4.69, 9.17) is 45.8 Å². The molecule has 2 fully saturated rings. The number of esters is 2. The van der Waals surface area contributed by atoms with Gasteiger partial charge in [-0.25, -0.2) is 14.4 Å². The van der Waals surface area contributed by atoms with E-state index >= 15 is 0 Å². The molecule has 2 saturated heterocycles. The lowest BCUT2D eigenvalue weighted by Gasteiger charge is -2.41. The van der Waals surface area contributed by atoms with Crippen LogP contribution < -0.4 is 31.3 Å². The number of hydrogen-bond acceptors (Lipinski definition) is 16. The second kappa shape index (κ2) is 30.8. The van der Waals surface area contributed by atoms with E-state index in [2.05, 4.69) is 16.0 Å². The smallest absolute Gasteiger partial charge is 0.409 e. The van der Waals surface area contributed by atoms with Gasteiger partial charge in [0, 0.05) is 84.5 Å². The standard InChI is InChI=1S/C61H86ClN7O16/c1-13-16-49(71)66-54(35(2)3)44(70)30-41(18-15-25-64-58(63)77)56(75)65-42-22-20-39(21-23-42)34-82-59(78)67(8)26-24-50(72)68(9)38(6)57(76)84-48-31-51(73)69(10)43-28-40(29-45(80-11)53(43)62)27-36(4)17-14-19-47(81-12)61(79)32-46(83-52(74)33-61)37(5)55-60(48,7)85-55/h14,17,19-23,28-29,35,37-38,41,46-48,54-55,79H,13,15-16,18,24-27,30-34H2,1-12H3,(H,65,75)(H,66,71)(H3,63,64,77)/b19-14+,36-17+/t37-,38+,41-,46+,47-,48+,54+,55+,60+,61-/m1/s1. The zero-order valence-corrected chi connectivity index (χ0v) is 51.7. The highest BCUT2D eigenvalue weighted by Crippen LogP contribution is 2.50. The molecule has 2 aromatic rings. The van der Waals surface area contributed by atoms with E-state index in [0.29, 0.717) is 42.0 Å². The molecule has 3 aliphatic heterocycles. The maximum Gasteiger partial charge on any atom is 0.409 e. The van der Waals surface area contributed by atoms with E-state index in [0.717, 1.165) is 11.1 Å². The van der Waals surface area contributed by atoms with Crippen molar-refractivity contribution in [2.75, 3.05) is 58.7 Å². The summed E-state index contributed by atoms with van der Waals surface area (Å²) in [4.78, 5) is 123. The fourth-order valence-corrected chi connectivity index (χ4v) is 10.8. The van der Waals surface area contributed by atoms with Crippen LogP contribution in [0.15, 0.2) is 60.2 Å². The van der Waals surface area contributed by atoms with Crippen molar-refractivity contribution in [3.8, 4) is 5.75 Å². The number of nitrogens with two attached hydrogens (primary N) is 1. The number of nitrogens with zero attached hydrogens (tertiary/aromatic N) is 3. The lowest BCUT2D eigenvalue weighted by Crippen LogP contribution is -2.53. The van der Waals surface area contributed by atoms with Crippen LogP contribution in [0.4, 0.5) is 21.0 Å². The molecule has 468 valence electrons. The topological polar surface area (TPSA) is 304 Å². The van der Waals surface area contributed by atoms with Crippen molar-refractivity contribution in [3.63, 3.8) is 0 Å². The molecule has 7 amide bonds. The zero-order valence-electron chi connectivity index (χ0n) is 51.0. The number of hydrogen-bond donors (Lipinski definition) is 5. The third-order valence-electron chi connectivity index (χ3n) is 16.0.